The van der Waals surface area contributed by atoms with E-state index in [4.69, 9.17) is 4.74 Å². The molecular formula is C10H23NO. The van der Waals surface area contributed by atoms with Crippen molar-refractivity contribution in [2.24, 2.45) is 0 Å². The van der Waals surface area contributed by atoms with Crippen LogP contribution >= 0.6 is 0 Å². The third-order valence-electron chi connectivity index (χ3n) is 1.82. The molecule has 0 aliphatic heterocycles. The second-order valence-electron chi connectivity index (χ2n) is 4.01. The molecule has 1 atom stereocenters. The molecule has 0 aliphatic rings. The molecular weight excluding hydrogens is 150 g/mol. The molecule has 0 bridgehead atoms. The van der Waals surface area contributed by atoms with E-state index in [1.807, 2.05) is 7.05 Å². The van der Waals surface area contributed by atoms with Crippen LogP contribution in [0.25, 0.3) is 0 Å². The first kappa shape index (κ1) is 11.9. The van der Waals surface area contributed by atoms with Gasteiger partial charge in [0.1, 0.15) is 0 Å². The number of likely N-dealkylation sites (N-methyl/N-ethyl adjacent to an activating group) is 1. The molecule has 1 N–H and O–H groups in total. The third kappa shape index (κ3) is 5.56. The van der Waals surface area contributed by atoms with Gasteiger partial charge in [0, 0.05) is 6.54 Å². The molecule has 0 amide bonds. The maximum Gasteiger partial charge on any atom is 0.0753 e. The molecule has 0 aliphatic carbocycles. The largest absolute Gasteiger partial charge is 0.371 e. The van der Waals surface area contributed by atoms with Crippen molar-refractivity contribution in [3.8, 4) is 0 Å². The van der Waals surface area contributed by atoms with Crippen molar-refractivity contribution in [2.45, 2.75) is 52.2 Å². The summed E-state index contributed by atoms with van der Waals surface area (Å²) in [6.07, 6.45) is 2.71. The molecule has 74 valence electrons. The van der Waals surface area contributed by atoms with Crippen LogP contribution in [0.1, 0.15) is 40.5 Å². The molecule has 0 radical (unpaired) electrons. The van der Waals surface area contributed by atoms with Gasteiger partial charge in [0.15, 0.2) is 0 Å². The van der Waals surface area contributed by atoms with E-state index >= 15 is 0 Å². The number of hydrogen-bond acceptors (Lipinski definition) is 2. The van der Waals surface area contributed by atoms with Crippen molar-refractivity contribution in [2.75, 3.05) is 13.6 Å². The van der Waals surface area contributed by atoms with Gasteiger partial charge in [0.25, 0.3) is 0 Å². The van der Waals surface area contributed by atoms with E-state index in [0.29, 0.717) is 6.10 Å². The van der Waals surface area contributed by atoms with Crippen molar-refractivity contribution in [1.82, 2.24) is 5.32 Å². The fraction of sp³-hybridized carbons (Fsp3) is 1.00. The Hall–Kier alpha value is -0.0800. The summed E-state index contributed by atoms with van der Waals surface area (Å²) in [6, 6.07) is 0. The Kier molecular flexibility index (Phi) is 5.51. The van der Waals surface area contributed by atoms with Gasteiger partial charge < -0.3 is 10.1 Å². The summed E-state index contributed by atoms with van der Waals surface area (Å²) in [5.74, 6) is 0. The van der Waals surface area contributed by atoms with Gasteiger partial charge in [-0.3, -0.25) is 0 Å². The summed E-state index contributed by atoms with van der Waals surface area (Å²) in [4.78, 5) is 0. The fourth-order valence-electron chi connectivity index (χ4n) is 1.48. The fourth-order valence-corrected chi connectivity index (χ4v) is 1.48. The van der Waals surface area contributed by atoms with Crippen LogP contribution in [0.5, 0.6) is 0 Å². The average molecular weight is 173 g/mol. The first-order valence-electron chi connectivity index (χ1n) is 4.84. The summed E-state index contributed by atoms with van der Waals surface area (Å²) >= 11 is 0. The summed E-state index contributed by atoms with van der Waals surface area (Å²) in [7, 11) is 1.95. The third-order valence-corrected chi connectivity index (χ3v) is 1.82. The predicted molar refractivity (Wildman–Crippen MR) is 53.5 cm³/mol. The second-order valence-corrected chi connectivity index (χ2v) is 4.01. The van der Waals surface area contributed by atoms with Gasteiger partial charge in [-0.05, 0) is 34.2 Å². The van der Waals surface area contributed by atoms with E-state index in [1.54, 1.807) is 0 Å². The Labute approximate surface area is 76.7 Å². The Morgan fingerprint density at radius 2 is 2.00 bits per heavy atom. The van der Waals surface area contributed by atoms with Crippen molar-refractivity contribution in [3.05, 3.63) is 0 Å². The molecule has 0 rings (SSSR count). The average Bonchev–Trinajstić information content (AvgIpc) is 1.85. The van der Waals surface area contributed by atoms with Crippen molar-refractivity contribution in [3.63, 3.8) is 0 Å². The van der Waals surface area contributed by atoms with E-state index in [0.717, 1.165) is 13.0 Å². The van der Waals surface area contributed by atoms with Gasteiger partial charge in [-0.25, -0.2) is 0 Å². The topological polar surface area (TPSA) is 21.3 Å². The molecule has 0 saturated carbocycles. The molecule has 0 saturated heterocycles. The molecule has 0 spiro atoms. The van der Waals surface area contributed by atoms with Gasteiger partial charge in [-0.2, -0.15) is 0 Å². The van der Waals surface area contributed by atoms with E-state index in [1.165, 1.54) is 6.42 Å². The van der Waals surface area contributed by atoms with E-state index < -0.39 is 0 Å². The highest BCUT2D eigenvalue weighted by Crippen LogP contribution is 2.13. The van der Waals surface area contributed by atoms with Crippen LogP contribution in [-0.4, -0.2) is 25.3 Å². The van der Waals surface area contributed by atoms with Gasteiger partial charge >= 0.3 is 0 Å². The van der Waals surface area contributed by atoms with Crippen LogP contribution in [0.4, 0.5) is 0 Å². The van der Waals surface area contributed by atoms with E-state index in [9.17, 15) is 0 Å². The molecule has 1 unspecified atom stereocenters. The number of hydrogen-bond donors (Lipinski definition) is 1. The molecule has 0 aromatic rings. The smallest absolute Gasteiger partial charge is 0.0753 e. The summed E-state index contributed by atoms with van der Waals surface area (Å²) in [5.41, 5.74) is -0.0384. The van der Waals surface area contributed by atoms with E-state index in [2.05, 4.69) is 33.0 Å². The van der Waals surface area contributed by atoms with E-state index in [-0.39, 0.29) is 5.60 Å². The zero-order valence-electron chi connectivity index (χ0n) is 9.11. The monoisotopic (exact) mass is 173 g/mol. The zero-order chi connectivity index (χ0) is 9.61. The maximum atomic E-state index is 5.86. The Morgan fingerprint density at radius 3 is 2.42 bits per heavy atom. The molecule has 2 heteroatoms. The minimum Gasteiger partial charge on any atom is -0.371 e. The van der Waals surface area contributed by atoms with Crippen LogP contribution in [0.15, 0.2) is 0 Å². The quantitative estimate of drug-likeness (QED) is 0.665. The maximum absolute atomic E-state index is 5.86. The van der Waals surface area contributed by atoms with Crippen LogP contribution in [0, 0.1) is 0 Å². The summed E-state index contributed by atoms with van der Waals surface area (Å²) in [6.45, 7) is 9.47. The second kappa shape index (κ2) is 5.55. The Bertz CT molecular complexity index is 112. The molecule has 0 aromatic heterocycles. The number of rotatable bonds is 6. The highest BCUT2D eigenvalue weighted by molar-refractivity contribution is 4.72. The highest BCUT2D eigenvalue weighted by Gasteiger charge is 2.19. The lowest BCUT2D eigenvalue weighted by Gasteiger charge is -2.28. The predicted octanol–water partition coefficient (Wildman–Crippen LogP) is 2.19. The standard InChI is InChI=1S/C10H23NO/c1-6-7-9(2)12-10(3,4)8-11-5/h9,11H,6-8H2,1-5H3. The summed E-state index contributed by atoms with van der Waals surface area (Å²) < 4.78 is 5.86. The molecule has 12 heavy (non-hydrogen) atoms. The highest BCUT2D eigenvalue weighted by atomic mass is 16.5. The normalized spacial score (nSPS) is 14.8. The Balaban J connectivity index is 3.70. The van der Waals surface area contributed by atoms with Crippen LogP contribution < -0.4 is 5.32 Å². The first-order chi connectivity index (χ1) is 5.52. The molecule has 0 fully saturated rings. The summed E-state index contributed by atoms with van der Waals surface area (Å²) in [5, 5.41) is 3.13. The van der Waals surface area contributed by atoms with Crippen molar-refractivity contribution >= 4 is 0 Å². The van der Waals surface area contributed by atoms with Crippen LogP contribution in [0.3, 0.4) is 0 Å². The molecule has 0 aromatic carbocycles. The number of nitrogens with one attached hydrogen (secondary N) is 1. The Morgan fingerprint density at radius 1 is 1.42 bits per heavy atom. The lowest BCUT2D eigenvalue weighted by Crippen LogP contribution is -2.38. The molecule has 0 heterocycles. The van der Waals surface area contributed by atoms with Crippen molar-refractivity contribution < 1.29 is 4.74 Å². The van der Waals surface area contributed by atoms with Gasteiger partial charge in [0.05, 0.1) is 11.7 Å². The van der Waals surface area contributed by atoms with Crippen LogP contribution in [-0.2, 0) is 4.74 Å². The van der Waals surface area contributed by atoms with Crippen LogP contribution in [0.2, 0.25) is 0 Å². The van der Waals surface area contributed by atoms with Crippen molar-refractivity contribution in [1.29, 1.82) is 0 Å². The minimum absolute atomic E-state index is 0.0384. The van der Waals surface area contributed by atoms with Gasteiger partial charge in [-0.1, -0.05) is 13.3 Å². The van der Waals surface area contributed by atoms with Gasteiger partial charge in [-0.15, -0.1) is 0 Å². The van der Waals surface area contributed by atoms with Gasteiger partial charge in [0.2, 0.25) is 0 Å². The zero-order valence-corrected chi connectivity index (χ0v) is 9.11. The lowest BCUT2D eigenvalue weighted by molar-refractivity contribution is -0.0639. The lowest BCUT2D eigenvalue weighted by atomic mass is 10.1. The SMILES string of the molecule is CCCC(C)OC(C)(C)CNC. The molecule has 2 nitrogen and oxygen atoms in total. The first-order valence-corrected chi connectivity index (χ1v) is 4.84. The number of ether oxygens (including phenoxy) is 1. The minimum atomic E-state index is -0.0384.